The van der Waals surface area contributed by atoms with Gasteiger partial charge in [-0.15, -0.1) is 11.8 Å². The Morgan fingerprint density at radius 2 is 1.85 bits per heavy atom. The number of thioether (sulfide) groups is 1. The minimum absolute atomic E-state index is 0.0348. The number of nitrogens with one attached hydrogen (secondary N) is 1. The molecule has 0 aromatic heterocycles. The Balaban J connectivity index is 1.36. The maximum atomic E-state index is 12.8. The molecule has 0 unspecified atom stereocenters. The molecular weight excluding hydrogens is 532 g/mol. The lowest BCUT2D eigenvalue weighted by Gasteiger charge is -2.52. The van der Waals surface area contributed by atoms with Crippen molar-refractivity contribution in [3.63, 3.8) is 0 Å². The number of hydrogen-bond acceptors (Lipinski definition) is 7. The van der Waals surface area contributed by atoms with Crippen molar-refractivity contribution in [2.45, 2.75) is 29.3 Å². The van der Waals surface area contributed by atoms with E-state index in [1.807, 2.05) is 18.4 Å². The smallest absolute Gasteiger partial charge is 0.297 e. The molecule has 0 saturated carbocycles. The highest BCUT2D eigenvalue weighted by molar-refractivity contribution is 9.10. The fourth-order valence-corrected chi connectivity index (χ4v) is 5.90. The summed E-state index contributed by atoms with van der Waals surface area (Å²) in [5.41, 5.74) is 0.813. The molecule has 0 spiro atoms. The summed E-state index contributed by atoms with van der Waals surface area (Å²) in [5.74, 6) is -0.138. The van der Waals surface area contributed by atoms with E-state index in [1.165, 1.54) is 23.9 Å². The van der Waals surface area contributed by atoms with Crippen molar-refractivity contribution in [1.29, 1.82) is 0 Å². The number of benzene rings is 2. The quantitative estimate of drug-likeness (QED) is 0.396. The van der Waals surface area contributed by atoms with Crippen LogP contribution >= 0.6 is 27.7 Å². The summed E-state index contributed by atoms with van der Waals surface area (Å²) in [7, 11) is -3.98. The monoisotopic (exact) mass is 552 g/mol. The summed E-state index contributed by atoms with van der Waals surface area (Å²) in [4.78, 5) is 26.7. The second kappa shape index (κ2) is 9.88. The van der Waals surface area contributed by atoms with Gasteiger partial charge < -0.3 is 15.0 Å². The first kappa shape index (κ1) is 23.8. The van der Waals surface area contributed by atoms with Crippen LogP contribution in [0.5, 0.6) is 5.75 Å². The van der Waals surface area contributed by atoms with Crippen LogP contribution in [-0.4, -0.2) is 55.8 Å². The molecule has 2 aromatic carbocycles. The number of nitrogens with zero attached hydrogens (tertiary/aromatic N) is 1. The first-order valence-electron chi connectivity index (χ1n) is 10.0. The van der Waals surface area contributed by atoms with Gasteiger partial charge >= 0.3 is 0 Å². The van der Waals surface area contributed by atoms with Crippen LogP contribution in [0.3, 0.4) is 0 Å². The second-order valence-corrected chi connectivity index (χ2v) is 11.0. The van der Waals surface area contributed by atoms with E-state index in [0.29, 0.717) is 5.75 Å². The molecule has 4 rings (SSSR count). The molecule has 2 aromatic rings. The van der Waals surface area contributed by atoms with Crippen molar-refractivity contribution in [1.82, 2.24) is 10.2 Å². The van der Waals surface area contributed by atoms with Gasteiger partial charge in [-0.25, -0.2) is 0 Å². The summed E-state index contributed by atoms with van der Waals surface area (Å²) in [6.07, 6.45) is 0. The van der Waals surface area contributed by atoms with E-state index in [2.05, 4.69) is 21.2 Å². The Bertz CT molecular complexity index is 1170. The molecule has 1 saturated heterocycles. The molecule has 174 valence electrons. The Hall–Kier alpha value is -2.34. The molecule has 0 radical (unpaired) electrons. The predicted molar refractivity (Wildman–Crippen MR) is 127 cm³/mol. The van der Waals surface area contributed by atoms with Gasteiger partial charge in [-0.2, -0.15) is 8.42 Å². The van der Waals surface area contributed by atoms with Crippen molar-refractivity contribution < 1.29 is 26.9 Å². The standard InChI is InChI=1S/C22H21BrN2O6S2/c1-14-13-32-22-20(24-19(26)12-30-16-5-3-2-4-6-16)21(27)25(22)18(14)11-31-33(28,29)17-9-7-15(23)8-10-17/h2-10,13,18,20,22H,11-12H2,1H3,(H,24,26)/t18-,20+,22+/m0/s1. The van der Waals surface area contributed by atoms with Crippen LogP contribution in [0.2, 0.25) is 0 Å². The SMILES string of the molecule is CC1=CS[C@@H]2[C@H](NC(=O)COc3ccccc3)C(=O)N2[C@H]1COS(=O)(=O)c1ccc(Br)cc1. The van der Waals surface area contributed by atoms with Crippen molar-refractivity contribution in [2.24, 2.45) is 0 Å². The summed E-state index contributed by atoms with van der Waals surface area (Å²) < 4.78 is 36.5. The molecule has 2 aliphatic heterocycles. The number of fused-ring (bicyclic) bond motifs is 1. The third kappa shape index (κ3) is 5.26. The molecule has 2 heterocycles. The fraction of sp³-hybridized carbons (Fsp3) is 0.273. The molecule has 1 fully saturated rings. The highest BCUT2D eigenvalue weighted by Gasteiger charge is 2.53. The van der Waals surface area contributed by atoms with E-state index in [-0.39, 0.29) is 29.4 Å². The van der Waals surface area contributed by atoms with Gasteiger partial charge in [0.1, 0.15) is 17.2 Å². The number of hydrogen-bond donors (Lipinski definition) is 1. The van der Waals surface area contributed by atoms with Gasteiger partial charge in [0.25, 0.3) is 16.0 Å². The molecule has 2 aliphatic rings. The second-order valence-electron chi connectivity index (χ2n) is 7.49. The van der Waals surface area contributed by atoms with Gasteiger partial charge in [0.05, 0.1) is 17.5 Å². The van der Waals surface area contributed by atoms with E-state index in [0.717, 1.165) is 10.0 Å². The number of β-lactam (4-membered cyclic amide) rings is 1. The highest BCUT2D eigenvalue weighted by Crippen LogP contribution is 2.40. The van der Waals surface area contributed by atoms with Gasteiger partial charge in [0, 0.05) is 4.47 Å². The fourth-order valence-electron chi connectivity index (χ4n) is 3.49. The van der Waals surface area contributed by atoms with Crippen molar-refractivity contribution in [3.8, 4) is 5.75 Å². The zero-order valence-electron chi connectivity index (χ0n) is 17.5. The Labute approximate surface area is 204 Å². The van der Waals surface area contributed by atoms with Crippen LogP contribution in [-0.2, 0) is 23.9 Å². The van der Waals surface area contributed by atoms with E-state index in [1.54, 1.807) is 41.3 Å². The van der Waals surface area contributed by atoms with E-state index in [4.69, 9.17) is 8.92 Å². The van der Waals surface area contributed by atoms with Gasteiger partial charge in [0.2, 0.25) is 5.91 Å². The van der Waals surface area contributed by atoms with E-state index in [9.17, 15) is 18.0 Å². The molecule has 0 bridgehead atoms. The van der Waals surface area contributed by atoms with Crippen LogP contribution in [0, 0.1) is 0 Å². The van der Waals surface area contributed by atoms with Crippen LogP contribution in [0.4, 0.5) is 0 Å². The molecule has 33 heavy (non-hydrogen) atoms. The molecule has 0 aliphatic carbocycles. The zero-order chi connectivity index (χ0) is 23.6. The summed E-state index contributed by atoms with van der Waals surface area (Å²) in [5, 5.41) is 4.23. The lowest BCUT2D eigenvalue weighted by Crippen LogP contribution is -2.73. The maximum Gasteiger partial charge on any atom is 0.297 e. The normalized spacial score (nSPS) is 22.1. The van der Waals surface area contributed by atoms with Gasteiger partial charge in [-0.3, -0.25) is 13.8 Å². The summed E-state index contributed by atoms with van der Waals surface area (Å²) in [6, 6.07) is 13.8. The number of carbonyl (C=O) groups excluding carboxylic acids is 2. The molecular formula is C22H21BrN2O6S2. The van der Waals surface area contributed by atoms with Crippen molar-refractivity contribution >= 4 is 49.6 Å². The van der Waals surface area contributed by atoms with Gasteiger partial charge in [0.15, 0.2) is 6.61 Å². The van der Waals surface area contributed by atoms with Crippen LogP contribution in [0.15, 0.2) is 74.9 Å². The minimum atomic E-state index is -3.98. The van der Waals surface area contributed by atoms with E-state index < -0.39 is 28.1 Å². The third-order valence-electron chi connectivity index (χ3n) is 5.25. The van der Waals surface area contributed by atoms with Gasteiger partial charge in [-0.1, -0.05) is 34.1 Å². The molecule has 2 amide bonds. The molecule has 8 nitrogen and oxygen atoms in total. The Morgan fingerprint density at radius 3 is 2.55 bits per heavy atom. The zero-order valence-corrected chi connectivity index (χ0v) is 20.7. The van der Waals surface area contributed by atoms with E-state index >= 15 is 0 Å². The first-order chi connectivity index (χ1) is 15.8. The number of carbonyl (C=O) groups is 2. The van der Waals surface area contributed by atoms with Crippen LogP contribution in [0.1, 0.15) is 6.92 Å². The third-order valence-corrected chi connectivity index (χ3v) is 8.36. The average Bonchev–Trinajstić information content (AvgIpc) is 2.81. The predicted octanol–water partition coefficient (Wildman–Crippen LogP) is 2.91. The molecule has 11 heteroatoms. The first-order valence-corrected chi connectivity index (χ1v) is 13.2. The number of para-hydroxylation sites is 1. The topological polar surface area (TPSA) is 102 Å². The maximum absolute atomic E-state index is 12.8. The lowest BCUT2D eigenvalue weighted by molar-refractivity contribution is -0.152. The average molecular weight is 553 g/mol. The summed E-state index contributed by atoms with van der Waals surface area (Å²) >= 11 is 4.67. The number of rotatable bonds is 8. The van der Waals surface area contributed by atoms with Crippen molar-refractivity contribution in [3.05, 3.63) is 70.1 Å². The minimum Gasteiger partial charge on any atom is -0.484 e. The Kier molecular flexibility index (Phi) is 7.13. The Morgan fingerprint density at radius 1 is 1.15 bits per heavy atom. The number of ether oxygens (including phenoxy) is 1. The van der Waals surface area contributed by atoms with Crippen molar-refractivity contribution in [2.75, 3.05) is 13.2 Å². The molecule has 3 atom stereocenters. The molecule has 1 N–H and O–H groups in total. The number of halogens is 1. The summed E-state index contributed by atoms with van der Waals surface area (Å²) in [6.45, 7) is 1.40. The van der Waals surface area contributed by atoms with Gasteiger partial charge in [-0.05, 0) is 54.3 Å². The van der Waals surface area contributed by atoms with Crippen LogP contribution < -0.4 is 10.1 Å². The lowest BCUT2D eigenvalue weighted by atomic mass is 9.99. The highest BCUT2D eigenvalue weighted by atomic mass is 79.9. The largest absolute Gasteiger partial charge is 0.484 e. The number of amides is 2. The van der Waals surface area contributed by atoms with Crippen LogP contribution in [0.25, 0.3) is 0 Å².